The van der Waals surface area contributed by atoms with Crippen LogP contribution in [0.3, 0.4) is 0 Å². The van der Waals surface area contributed by atoms with Crippen molar-refractivity contribution in [1.82, 2.24) is 5.32 Å². The first kappa shape index (κ1) is 19.1. The minimum atomic E-state index is -0.454. The maximum Gasteiger partial charge on any atom is 0.238 e. The molecule has 0 bridgehead atoms. The number of amides is 2. The summed E-state index contributed by atoms with van der Waals surface area (Å²) in [5.74, 6) is 0.986. The van der Waals surface area contributed by atoms with Gasteiger partial charge in [-0.15, -0.1) is 11.8 Å². The van der Waals surface area contributed by atoms with Crippen LogP contribution in [0.2, 0.25) is 0 Å². The summed E-state index contributed by atoms with van der Waals surface area (Å²) in [6, 6.07) is 12.8. The van der Waals surface area contributed by atoms with E-state index >= 15 is 0 Å². The first-order valence-corrected chi connectivity index (χ1v) is 9.47. The normalized spacial score (nSPS) is 16.7. The second kappa shape index (κ2) is 8.35. The molecule has 0 aliphatic carbocycles. The summed E-state index contributed by atoms with van der Waals surface area (Å²) in [6.07, 6.45) is 0.105. The summed E-state index contributed by atoms with van der Waals surface area (Å²) in [4.78, 5) is 25.8. The second-order valence-electron chi connectivity index (χ2n) is 6.19. The number of benzene rings is 2. The lowest BCUT2D eigenvalue weighted by molar-refractivity contribution is -0.124. The van der Waals surface area contributed by atoms with Crippen molar-refractivity contribution in [3.63, 3.8) is 0 Å². The topological polar surface area (TPSA) is 76.7 Å². The highest BCUT2D eigenvalue weighted by Crippen LogP contribution is 2.36. The standard InChI is InChI=1S/C20H22N2O4S/c1-12(14-9-8-13(25-2)10-16(14)26-3)21-19(23)11-18-20(24)22-15-6-4-5-7-17(15)27-18/h4-10,12,18H,11H2,1-3H3,(H,21,23)(H,22,24). The smallest absolute Gasteiger partial charge is 0.238 e. The molecule has 7 heteroatoms. The third kappa shape index (κ3) is 4.36. The zero-order valence-electron chi connectivity index (χ0n) is 15.4. The van der Waals surface area contributed by atoms with Crippen LogP contribution in [0.15, 0.2) is 47.4 Å². The molecule has 2 unspecified atom stereocenters. The zero-order chi connectivity index (χ0) is 19.4. The Kier molecular flexibility index (Phi) is 5.91. The molecule has 2 aromatic rings. The quantitative estimate of drug-likeness (QED) is 0.796. The van der Waals surface area contributed by atoms with Crippen LogP contribution in [0.5, 0.6) is 11.5 Å². The van der Waals surface area contributed by atoms with Crippen molar-refractivity contribution in [1.29, 1.82) is 0 Å². The summed E-state index contributed by atoms with van der Waals surface area (Å²) >= 11 is 1.41. The van der Waals surface area contributed by atoms with Crippen LogP contribution in [-0.2, 0) is 9.59 Å². The van der Waals surface area contributed by atoms with Crippen molar-refractivity contribution in [2.45, 2.75) is 29.5 Å². The first-order chi connectivity index (χ1) is 13.0. The van der Waals surface area contributed by atoms with Crippen LogP contribution in [-0.4, -0.2) is 31.3 Å². The van der Waals surface area contributed by atoms with Gasteiger partial charge in [0.15, 0.2) is 0 Å². The average molecular weight is 386 g/mol. The van der Waals surface area contributed by atoms with E-state index in [1.807, 2.05) is 43.3 Å². The van der Waals surface area contributed by atoms with Crippen molar-refractivity contribution < 1.29 is 19.1 Å². The number of anilines is 1. The Balaban J connectivity index is 1.65. The molecule has 1 aliphatic heterocycles. The van der Waals surface area contributed by atoms with Crippen molar-refractivity contribution in [3.8, 4) is 11.5 Å². The maximum atomic E-state index is 12.5. The molecule has 2 atom stereocenters. The maximum absolute atomic E-state index is 12.5. The van der Waals surface area contributed by atoms with Gasteiger partial charge >= 0.3 is 0 Å². The molecule has 0 aromatic heterocycles. The van der Waals surface area contributed by atoms with Crippen molar-refractivity contribution in [3.05, 3.63) is 48.0 Å². The SMILES string of the molecule is COc1ccc(C(C)NC(=O)CC2Sc3ccccc3NC2=O)c(OC)c1. The van der Waals surface area contributed by atoms with Gasteiger partial charge in [0.05, 0.1) is 31.2 Å². The van der Waals surface area contributed by atoms with E-state index in [-0.39, 0.29) is 24.3 Å². The number of carbonyl (C=O) groups is 2. The van der Waals surface area contributed by atoms with Crippen molar-refractivity contribution >= 4 is 29.3 Å². The average Bonchev–Trinajstić information content (AvgIpc) is 2.67. The Bertz CT molecular complexity index is 856. The van der Waals surface area contributed by atoms with E-state index in [0.29, 0.717) is 11.5 Å². The molecule has 0 radical (unpaired) electrons. The van der Waals surface area contributed by atoms with Crippen molar-refractivity contribution in [2.24, 2.45) is 0 Å². The zero-order valence-corrected chi connectivity index (χ0v) is 16.3. The minimum absolute atomic E-state index is 0.105. The lowest BCUT2D eigenvalue weighted by Gasteiger charge is -2.24. The highest BCUT2D eigenvalue weighted by molar-refractivity contribution is 8.01. The molecule has 2 aromatic carbocycles. The monoisotopic (exact) mass is 386 g/mol. The van der Waals surface area contributed by atoms with E-state index in [4.69, 9.17) is 9.47 Å². The van der Waals surface area contributed by atoms with Crippen LogP contribution in [0.25, 0.3) is 0 Å². The fourth-order valence-corrected chi connectivity index (χ4v) is 4.06. The highest BCUT2D eigenvalue weighted by Gasteiger charge is 2.29. The molecule has 2 N–H and O–H groups in total. The number of hydrogen-bond acceptors (Lipinski definition) is 5. The number of ether oxygens (including phenoxy) is 2. The Hall–Kier alpha value is -2.67. The van der Waals surface area contributed by atoms with Gasteiger partial charge in [0.1, 0.15) is 11.5 Å². The summed E-state index contributed by atoms with van der Waals surface area (Å²) in [5.41, 5.74) is 1.64. The predicted octanol–water partition coefficient (Wildman–Crippen LogP) is 3.38. The van der Waals surface area contributed by atoms with Gasteiger partial charge in [-0.25, -0.2) is 0 Å². The molecule has 6 nitrogen and oxygen atoms in total. The molecule has 1 aliphatic rings. The molecular weight excluding hydrogens is 364 g/mol. The lowest BCUT2D eigenvalue weighted by Crippen LogP contribution is -2.35. The largest absolute Gasteiger partial charge is 0.497 e. The van der Waals surface area contributed by atoms with Gasteiger partial charge in [0.25, 0.3) is 0 Å². The summed E-state index contributed by atoms with van der Waals surface area (Å²) in [7, 11) is 3.16. The number of thioether (sulfide) groups is 1. The summed E-state index contributed by atoms with van der Waals surface area (Å²) < 4.78 is 10.6. The number of carbonyl (C=O) groups excluding carboxylic acids is 2. The highest BCUT2D eigenvalue weighted by atomic mass is 32.2. The van der Waals surface area contributed by atoms with Gasteiger partial charge in [-0.2, -0.15) is 0 Å². The van der Waals surface area contributed by atoms with Crippen LogP contribution in [0.4, 0.5) is 5.69 Å². The second-order valence-corrected chi connectivity index (χ2v) is 7.44. The van der Waals surface area contributed by atoms with Crippen LogP contribution in [0, 0.1) is 0 Å². The van der Waals surface area contributed by atoms with Gasteiger partial charge in [-0.3, -0.25) is 9.59 Å². The van der Waals surface area contributed by atoms with E-state index < -0.39 is 5.25 Å². The number of para-hydroxylation sites is 1. The number of fused-ring (bicyclic) bond motifs is 1. The van der Waals surface area contributed by atoms with E-state index in [9.17, 15) is 9.59 Å². The van der Waals surface area contributed by atoms with Gasteiger partial charge in [0, 0.05) is 22.9 Å². The van der Waals surface area contributed by atoms with Gasteiger partial charge in [0.2, 0.25) is 11.8 Å². The van der Waals surface area contributed by atoms with Gasteiger partial charge < -0.3 is 20.1 Å². The van der Waals surface area contributed by atoms with Crippen LogP contribution >= 0.6 is 11.8 Å². The molecule has 0 saturated heterocycles. The van der Waals surface area contributed by atoms with E-state index in [0.717, 1.165) is 16.1 Å². The molecular formula is C20H22N2O4S. The number of methoxy groups -OCH3 is 2. The van der Waals surface area contributed by atoms with Gasteiger partial charge in [-0.1, -0.05) is 12.1 Å². The molecule has 3 rings (SSSR count). The fraction of sp³-hybridized carbons (Fsp3) is 0.300. The third-order valence-corrected chi connectivity index (χ3v) is 5.64. The number of rotatable bonds is 6. The first-order valence-electron chi connectivity index (χ1n) is 8.59. The fourth-order valence-electron chi connectivity index (χ4n) is 2.95. The van der Waals surface area contributed by atoms with E-state index in [1.54, 1.807) is 20.3 Å². The number of nitrogens with one attached hydrogen (secondary N) is 2. The van der Waals surface area contributed by atoms with Gasteiger partial charge in [-0.05, 0) is 31.2 Å². The van der Waals surface area contributed by atoms with E-state index in [1.165, 1.54) is 11.8 Å². The van der Waals surface area contributed by atoms with Crippen LogP contribution in [0.1, 0.15) is 24.9 Å². The Labute approximate surface area is 162 Å². The Morgan fingerprint density at radius 3 is 2.74 bits per heavy atom. The molecule has 0 spiro atoms. The van der Waals surface area contributed by atoms with Crippen LogP contribution < -0.4 is 20.1 Å². The molecule has 2 amide bonds. The van der Waals surface area contributed by atoms with Crippen molar-refractivity contribution in [2.75, 3.05) is 19.5 Å². The molecule has 0 fully saturated rings. The third-order valence-electron chi connectivity index (χ3n) is 4.36. The Morgan fingerprint density at radius 2 is 2.00 bits per heavy atom. The molecule has 142 valence electrons. The predicted molar refractivity (Wildman–Crippen MR) is 105 cm³/mol. The lowest BCUT2D eigenvalue weighted by atomic mass is 10.1. The molecule has 0 saturated carbocycles. The molecule has 1 heterocycles. The minimum Gasteiger partial charge on any atom is -0.497 e. The molecule has 27 heavy (non-hydrogen) atoms. The Morgan fingerprint density at radius 1 is 1.22 bits per heavy atom. The number of hydrogen-bond donors (Lipinski definition) is 2. The van der Waals surface area contributed by atoms with E-state index in [2.05, 4.69) is 10.6 Å². The summed E-state index contributed by atoms with van der Waals surface area (Å²) in [5, 5.41) is 5.35. The summed E-state index contributed by atoms with van der Waals surface area (Å²) in [6.45, 7) is 1.88.